The molecule has 1 unspecified atom stereocenters. The van der Waals surface area contributed by atoms with E-state index in [2.05, 4.69) is 18.7 Å². The molecule has 88 valence electrons. The minimum Gasteiger partial charge on any atom is -0.481 e. The first-order valence-electron chi connectivity index (χ1n) is 5.69. The van der Waals surface area contributed by atoms with Crippen LogP contribution in [0.15, 0.2) is 0 Å². The molecule has 1 fully saturated rings. The van der Waals surface area contributed by atoms with Crippen molar-refractivity contribution >= 4 is 17.7 Å². The first-order valence-corrected chi connectivity index (χ1v) is 6.84. The van der Waals surface area contributed by atoms with Crippen molar-refractivity contribution in [2.45, 2.75) is 38.6 Å². The molecule has 0 saturated carbocycles. The Morgan fingerprint density at radius 3 is 2.53 bits per heavy atom. The number of carboxylic acids is 1. The van der Waals surface area contributed by atoms with Gasteiger partial charge in [-0.2, -0.15) is 11.8 Å². The lowest BCUT2D eigenvalue weighted by Crippen LogP contribution is -2.53. The minimum absolute atomic E-state index is 0.0851. The van der Waals surface area contributed by atoms with E-state index in [0.717, 1.165) is 31.7 Å². The first-order chi connectivity index (χ1) is 7.14. The molecular formula is C11H21NO2S. The van der Waals surface area contributed by atoms with E-state index >= 15 is 0 Å². The average molecular weight is 231 g/mol. The molecule has 4 heteroatoms. The van der Waals surface area contributed by atoms with Crippen LogP contribution in [-0.2, 0) is 4.79 Å². The van der Waals surface area contributed by atoms with Crippen LogP contribution in [0.5, 0.6) is 0 Å². The topological polar surface area (TPSA) is 40.5 Å². The van der Waals surface area contributed by atoms with Crippen molar-refractivity contribution in [3.05, 3.63) is 0 Å². The Hall–Kier alpha value is -0.220. The Morgan fingerprint density at radius 1 is 1.47 bits per heavy atom. The van der Waals surface area contributed by atoms with Gasteiger partial charge in [-0.3, -0.25) is 9.69 Å². The van der Waals surface area contributed by atoms with Gasteiger partial charge in [-0.1, -0.05) is 13.8 Å². The number of carbonyl (C=O) groups is 1. The Kier molecular flexibility index (Phi) is 4.93. The van der Waals surface area contributed by atoms with E-state index in [4.69, 9.17) is 5.11 Å². The molecule has 15 heavy (non-hydrogen) atoms. The lowest BCUT2D eigenvalue weighted by molar-refractivity contribution is -0.140. The highest BCUT2D eigenvalue weighted by atomic mass is 32.2. The zero-order chi connectivity index (χ0) is 11.3. The monoisotopic (exact) mass is 231 g/mol. The fraction of sp³-hybridized carbons (Fsp3) is 0.909. The Labute approximate surface area is 96.2 Å². The zero-order valence-electron chi connectivity index (χ0n) is 9.66. The van der Waals surface area contributed by atoms with Crippen LogP contribution >= 0.6 is 11.8 Å². The van der Waals surface area contributed by atoms with Crippen LogP contribution in [0.3, 0.4) is 0 Å². The molecule has 0 aliphatic carbocycles. The Balaban J connectivity index is 2.77. The lowest BCUT2D eigenvalue weighted by Gasteiger charge is -2.44. The fourth-order valence-corrected chi connectivity index (χ4v) is 3.82. The van der Waals surface area contributed by atoms with Crippen LogP contribution in [0.25, 0.3) is 0 Å². The molecular weight excluding hydrogens is 210 g/mol. The van der Waals surface area contributed by atoms with Gasteiger partial charge in [0.2, 0.25) is 0 Å². The number of carboxylic acid groups (broad SMARTS) is 1. The van der Waals surface area contributed by atoms with Gasteiger partial charge in [0.1, 0.15) is 0 Å². The summed E-state index contributed by atoms with van der Waals surface area (Å²) in [4.78, 5) is 13.3. The second-order valence-corrected chi connectivity index (χ2v) is 5.23. The van der Waals surface area contributed by atoms with Crippen molar-refractivity contribution in [1.82, 2.24) is 4.90 Å². The van der Waals surface area contributed by atoms with E-state index in [1.165, 1.54) is 5.75 Å². The number of hydrogen-bond acceptors (Lipinski definition) is 3. The van der Waals surface area contributed by atoms with E-state index in [1.807, 2.05) is 11.8 Å². The van der Waals surface area contributed by atoms with Gasteiger partial charge < -0.3 is 5.11 Å². The molecule has 1 heterocycles. The van der Waals surface area contributed by atoms with Crippen LogP contribution < -0.4 is 0 Å². The fourth-order valence-electron chi connectivity index (χ4n) is 2.51. The summed E-state index contributed by atoms with van der Waals surface area (Å²) >= 11 is 1.90. The van der Waals surface area contributed by atoms with Crippen molar-refractivity contribution in [3.8, 4) is 0 Å². The molecule has 1 rings (SSSR count). The lowest BCUT2D eigenvalue weighted by atomic mass is 9.89. The van der Waals surface area contributed by atoms with Crippen molar-refractivity contribution in [3.63, 3.8) is 0 Å². The number of nitrogens with zero attached hydrogens (tertiary/aromatic N) is 1. The van der Waals surface area contributed by atoms with Gasteiger partial charge in [0.05, 0.1) is 6.42 Å². The second kappa shape index (κ2) is 5.75. The standard InChI is InChI=1S/C11H21NO2S/c1-3-12(4-2)11(8-10(13)14)6-5-7-15-9-11/h3-9H2,1-2H3,(H,13,14). The summed E-state index contributed by atoms with van der Waals surface area (Å²) in [7, 11) is 0. The molecule has 1 N–H and O–H groups in total. The molecule has 1 atom stereocenters. The van der Waals surface area contributed by atoms with E-state index in [9.17, 15) is 4.79 Å². The van der Waals surface area contributed by atoms with Gasteiger partial charge in [-0.15, -0.1) is 0 Å². The van der Waals surface area contributed by atoms with Crippen molar-refractivity contribution in [2.24, 2.45) is 0 Å². The summed E-state index contributed by atoms with van der Waals surface area (Å²) in [5.41, 5.74) is -0.0851. The van der Waals surface area contributed by atoms with Gasteiger partial charge in [0, 0.05) is 11.3 Å². The third kappa shape index (κ3) is 3.11. The van der Waals surface area contributed by atoms with Gasteiger partial charge in [-0.05, 0) is 31.7 Å². The van der Waals surface area contributed by atoms with Gasteiger partial charge in [0.15, 0.2) is 0 Å². The molecule has 0 aromatic heterocycles. The highest BCUT2D eigenvalue weighted by Gasteiger charge is 2.38. The molecule has 1 aliphatic heterocycles. The Morgan fingerprint density at radius 2 is 2.13 bits per heavy atom. The second-order valence-electron chi connectivity index (χ2n) is 4.12. The first kappa shape index (κ1) is 12.8. The highest BCUT2D eigenvalue weighted by molar-refractivity contribution is 7.99. The summed E-state index contributed by atoms with van der Waals surface area (Å²) in [6.45, 7) is 6.13. The van der Waals surface area contributed by atoms with Gasteiger partial charge in [0.25, 0.3) is 0 Å². The van der Waals surface area contributed by atoms with Gasteiger partial charge in [-0.25, -0.2) is 0 Å². The van der Waals surface area contributed by atoms with Crippen LogP contribution in [0.1, 0.15) is 33.1 Å². The average Bonchev–Trinajstić information content (AvgIpc) is 2.19. The predicted molar refractivity (Wildman–Crippen MR) is 64.5 cm³/mol. The summed E-state index contributed by atoms with van der Waals surface area (Å²) in [5.74, 6) is 1.49. The van der Waals surface area contributed by atoms with Gasteiger partial charge >= 0.3 is 5.97 Å². The van der Waals surface area contributed by atoms with Crippen molar-refractivity contribution in [2.75, 3.05) is 24.6 Å². The molecule has 0 aromatic rings. The maximum Gasteiger partial charge on any atom is 0.305 e. The number of aliphatic carboxylic acids is 1. The number of hydrogen-bond donors (Lipinski definition) is 1. The summed E-state index contributed by atoms with van der Waals surface area (Å²) in [5, 5.41) is 9.03. The third-order valence-electron chi connectivity index (χ3n) is 3.22. The van der Waals surface area contributed by atoms with E-state index in [0.29, 0.717) is 6.42 Å². The predicted octanol–water partition coefficient (Wildman–Crippen LogP) is 2.07. The van der Waals surface area contributed by atoms with E-state index in [1.54, 1.807) is 0 Å². The Bertz CT molecular complexity index is 211. The smallest absolute Gasteiger partial charge is 0.305 e. The summed E-state index contributed by atoms with van der Waals surface area (Å²) < 4.78 is 0. The van der Waals surface area contributed by atoms with Crippen LogP contribution in [0.4, 0.5) is 0 Å². The molecule has 0 amide bonds. The SMILES string of the molecule is CCN(CC)C1(CC(=O)O)CCCSC1. The largest absolute Gasteiger partial charge is 0.481 e. The minimum atomic E-state index is -0.663. The molecule has 0 bridgehead atoms. The quantitative estimate of drug-likeness (QED) is 0.786. The van der Waals surface area contributed by atoms with Crippen LogP contribution in [-0.4, -0.2) is 46.1 Å². The molecule has 0 radical (unpaired) electrons. The molecule has 3 nitrogen and oxygen atoms in total. The number of rotatable bonds is 5. The zero-order valence-corrected chi connectivity index (χ0v) is 10.5. The van der Waals surface area contributed by atoms with Crippen molar-refractivity contribution in [1.29, 1.82) is 0 Å². The number of thioether (sulfide) groups is 1. The third-order valence-corrected chi connectivity index (χ3v) is 4.53. The molecule has 0 aromatic carbocycles. The van der Waals surface area contributed by atoms with Crippen LogP contribution in [0, 0.1) is 0 Å². The normalized spacial score (nSPS) is 26.9. The molecule has 1 aliphatic rings. The molecule has 1 saturated heterocycles. The maximum absolute atomic E-state index is 11.0. The summed E-state index contributed by atoms with van der Waals surface area (Å²) in [6, 6.07) is 0. The maximum atomic E-state index is 11.0. The summed E-state index contributed by atoms with van der Waals surface area (Å²) in [6.07, 6.45) is 2.48. The van der Waals surface area contributed by atoms with E-state index < -0.39 is 5.97 Å². The van der Waals surface area contributed by atoms with Crippen molar-refractivity contribution < 1.29 is 9.90 Å². The van der Waals surface area contributed by atoms with Crippen LogP contribution in [0.2, 0.25) is 0 Å². The molecule has 0 spiro atoms. The highest BCUT2D eigenvalue weighted by Crippen LogP contribution is 2.34. The van der Waals surface area contributed by atoms with E-state index in [-0.39, 0.29) is 5.54 Å².